The Kier molecular flexibility index (Phi) is 3.34. The number of thiol groups is 1. The SMILES string of the molecule is O=[N+]([O-])c1cnc(C#CCCS)[nH]1. The number of imidazole rings is 1. The van der Waals surface area contributed by atoms with Gasteiger partial charge >= 0.3 is 5.82 Å². The Bertz CT molecular complexity index is 363. The molecule has 1 aromatic heterocycles. The number of hydrogen-bond donors (Lipinski definition) is 2. The molecule has 1 rings (SSSR count). The van der Waals surface area contributed by atoms with Gasteiger partial charge < -0.3 is 10.1 Å². The van der Waals surface area contributed by atoms with Crippen molar-refractivity contribution in [1.82, 2.24) is 9.97 Å². The molecule has 0 aromatic carbocycles. The van der Waals surface area contributed by atoms with E-state index in [1.54, 1.807) is 0 Å². The van der Waals surface area contributed by atoms with Gasteiger partial charge in [0.1, 0.15) is 6.20 Å². The van der Waals surface area contributed by atoms with E-state index in [9.17, 15) is 10.1 Å². The lowest BCUT2D eigenvalue weighted by Crippen LogP contribution is -1.86. The zero-order valence-electron chi connectivity index (χ0n) is 6.65. The smallest absolute Gasteiger partial charge is 0.341 e. The van der Waals surface area contributed by atoms with Gasteiger partial charge in [-0.3, -0.25) is 0 Å². The normalized spacial score (nSPS) is 9.00. The molecule has 0 radical (unpaired) electrons. The van der Waals surface area contributed by atoms with Crippen molar-refractivity contribution < 1.29 is 4.92 Å². The van der Waals surface area contributed by atoms with Gasteiger partial charge in [0.2, 0.25) is 0 Å². The fraction of sp³-hybridized carbons (Fsp3) is 0.286. The maximum Gasteiger partial charge on any atom is 0.341 e. The third-order valence-electron chi connectivity index (χ3n) is 1.20. The Morgan fingerprint density at radius 1 is 1.77 bits per heavy atom. The third-order valence-corrected chi connectivity index (χ3v) is 1.43. The highest BCUT2D eigenvalue weighted by Crippen LogP contribution is 2.04. The Balaban J connectivity index is 2.71. The first-order valence-electron chi connectivity index (χ1n) is 3.53. The van der Waals surface area contributed by atoms with E-state index < -0.39 is 4.92 Å². The molecule has 1 aromatic rings. The van der Waals surface area contributed by atoms with E-state index in [1.807, 2.05) is 0 Å². The van der Waals surface area contributed by atoms with Gasteiger partial charge in [0.05, 0.1) is 0 Å². The van der Waals surface area contributed by atoms with Crippen molar-refractivity contribution in [3.63, 3.8) is 0 Å². The molecule has 0 aliphatic rings. The number of hydrogen-bond acceptors (Lipinski definition) is 4. The van der Waals surface area contributed by atoms with Crippen molar-refractivity contribution in [2.75, 3.05) is 5.75 Å². The van der Waals surface area contributed by atoms with Gasteiger partial charge in [-0.15, -0.1) is 0 Å². The summed E-state index contributed by atoms with van der Waals surface area (Å²) in [6.45, 7) is 0. The van der Waals surface area contributed by atoms with E-state index in [1.165, 1.54) is 0 Å². The summed E-state index contributed by atoms with van der Waals surface area (Å²) < 4.78 is 0. The van der Waals surface area contributed by atoms with Crippen molar-refractivity contribution in [3.8, 4) is 11.8 Å². The van der Waals surface area contributed by atoms with Gasteiger partial charge in [-0.25, -0.2) is 9.97 Å². The first kappa shape index (κ1) is 9.61. The average molecular weight is 197 g/mol. The van der Waals surface area contributed by atoms with Crippen molar-refractivity contribution in [2.24, 2.45) is 0 Å². The Hall–Kier alpha value is -1.48. The fourth-order valence-corrected chi connectivity index (χ4v) is 0.782. The lowest BCUT2D eigenvalue weighted by atomic mass is 10.4. The molecule has 0 amide bonds. The van der Waals surface area contributed by atoms with Crippen LogP contribution in [0.1, 0.15) is 12.2 Å². The quantitative estimate of drug-likeness (QED) is 0.321. The van der Waals surface area contributed by atoms with Crippen molar-refractivity contribution >= 4 is 18.4 Å². The summed E-state index contributed by atoms with van der Waals surface area (Å²) in [5, 5.41) is 10.2. The molecule has 0 saturated heterocycles. The van der Waals surface area contributed by atoms with Crippen LogP contribution in [-0.2, 0) is 0 Å². The first-order valence-corrected chi connectivity index (χ1v) is 4.16. The number of nitro groups is 1. The summed E-state index contributed by atoms with van der Waals surface area (Å²) in [4.78, 5) is 15.8. The van der Waals surface area contributed by atoms with Gasteiger partial charge in [-0.2, -0.15) is 12.6 Å². The van der Waals surface area contributed by atoms with Crippen molar-refractivity contribution in [2.45, 2.75) is 6.42 Å². The summed E-state index contributed by atoms with van der Waals surface area (Å²) >= 11 is 3.96. The maximum atomic E-state index is 10.2. The van der Waals surface area contributed by atoms with E-state index in [0.717, 1.165) is 6.20 Å². The Morgan fingerprint density at radius 2 is 2.54 bits per heavy atom. The zero-order valence-corrected chi connectivity index (χ0v) is 7.54. The number of nitrogens with zero attached hydrogens (tertiary/aromatic N) is 2. The highest BCUT2D eigenvalue weighted by molar-refractivity contribution is 7.80. The fourth-order valence-electron chi connectivity index (χ4n) is 0.670. The topological polar surface area (TPSA) is 71.8 Å². The standard InChI is InChI=1S/C7H7N3O2S/c11-10(12)7-5-8-6(9-7)3-1-2-4-13/h5,13H,2,4H2,(H,8,9). The Labute approximate surface area is 80.1 Å². The summed E-state index contributed by atoms with van der Waals surface area (Å²) in [6.07, 6.45) is 1.78. The van der Waals surface area contributed by atoms with Crippen molar-refractivity contribution in [3.05, 3.63) is 22.1 Å². The van der Waals surface area contributed by atoms with Crippen LogP contribution in [0.15, 0.2) is 6.20 Å². The summed E-state index contributed by atoms with van der Waals surface area (Å²) in [6, 6.07) is 0. The molecule has 6 heteroatoms. The van der Waals surface area contributed by atoms with E-state index >= 15 is 0 Å². The van der Waals surface area contributed by atoms with E-state index in [2.05, 4.69) is 34.4 Å². The molecule has 0 atom stereocenters. The van der Waals surface area contributed by atoms with Crippen LogP contribution in [-0.4, -0.2) is 20.6 Å². The number of nitrogens with one attached hydrogen (secondary N) is 1. The Morgan fingerprint density at radius 3 is 3.08 bits per heavy atom. The van der Waals surface area contributed by atoms with Crippen LogP contribution in [0.25, 0.3) is 0 Å². The molecule has 1 N–H and O–H groups in total. The molecule has 0 bridgehead atoms. The molecule has 5 nitrogen and oxygen atoms in total. The molecule has 13 heavy (non-hydrogen) atoms. The maximum absolute atomic E-state index is 10.2. The summed E-state index contributed by atoms with van der Waals surface area (Å²) in [5.41, 5.74) is 0. The van der Waals surface area contributed by atoms with Gasteiger partial charge in [-0.1, -0.05) is 5.92 Å². The van der Waals surface area contributed by atoms with Crippen LogP contribution in [0.4, 0.5) is 5.82 Å². The summed E-state index contributed by atoms with van der Waals surface area (Å²) in [7, 11) is 0. The van der Waals surface area contributed by atoms with E-state index in [4.69, 9.17) is 0 Å². The predicted octanol–water partition coefficient (Wildman–Crippen LogP) is 0.989. The highest BCUT2D eigenvalue weighted by atomic mass is 32.1. The molecule has 0 aliphatic carbocycles. The predicted molar refractivity (Wildman–Crippen MR) is 50.6 cm³/mol. The number of rotatable bonds is 2. The van der Waals surface area contributed by atoms with Crippen LogP contribution in [0.3, 0.4) is 0 Å². The molecule has 0 spiro atoms. The molecule has 68 valence electrons. The minimum absolute atomic E-state index is 0.143. The highest BCUT2D eigenvalue weighted by Gasteiger charge is 2.06. The second kappa shape index (κ2) is 4.52. The lowest BCUT2D eigenvalue weighted by Gasteiger charge is -1.84. The van der Waals surface area contributed by atoms with Gasteiger partial charge in [0, 0.05) is 12.2 Å². The number of aromatic nitrogens is 2. The average Bonchev–Trinajstić information content (AvgIpc) is 2.53. The molecular weight excluding hydrogens is 190 g/mol. The minimum Gasteiger partial charge on any atom is -0.358 e. The number of H-pyrrole nitrogens is 1. The van der Waals surface area contributed by atoms with Crippen LogP contribution in [0.2, 0.25) is 0 Å². The largest absolute Gasteiger partial charge is 0.358 e. The minimum atomic E-state index is -0.545. The third kappa shape index (κ3) is 2.80. The van der Waals surface area contributed by atoms with Crippen LogP contribution >= 0.6 is 12.6 Å². The second-order valence-corrected chi connectivity index (χ2v) is 2.60. The van der Waals surface area contributed by atoms with Gasteiger partial charge in [0.15, 0.2) is 0 Å². The van der Waals surface area contributed by atoms with Crippen LogP contribution < -0.4 is 0 Å². The molecule has 0 saturated carbocycles. The molecular formula is C7H7N3O2S. The molecule has 0 fully saturated rings. The van der Waals surface area contributed by atoms with Gasteiger partial charge in [-0.05, 0) is 10.8 Å². The molecule has 1 heterocycles. The van der Waals surface area contributed by atoms with E-state index in [0.29, 0.717) is 18.0 Å². The van der Waals surface area contributed by atoms with Crippen LogP contribution in [0, 0.1) is 22.0 Å². The van der Waals surface area contributed by atoms with E-state index in [-0.39, 0.29) is 5.82 Å². The molecule has 0 unspecified atom stereocenters. The lowest BCUT2D eigenvalue weighted by molar-refractivity contribution is -0.389. The molecule has 0 aliphatic heterocycles. The van der Waals surface area contributed by atoms with Crippen molar-refractivity contribution in [1.29, 1.82) is 0 Å². The zero-order chi connectivity index (χ0) is 9.68. The summed E-state index contributed by atoms with van der Waals surface area (Å²) in [5.74, 6) is 6.24. The monoisotopic (exact) mass is 197 g/mol. The second-order valence-electron chi connectivity index (χ2n) is 2.15. The van der Waals surface area contributed by atoms with Gasteiger partial charge in [0.25, 0.3) is 5.82 Å². The van der Waals surface area contributed by atoms with Crippen LogP contribution in [0.5, 0.6) is 0 Å². The number of aromatic amines is 1. The first-order chi connectivity index (χ1) is 6.24.